The van der Waals surface area contributed by atoms with Crippen LogP contribution in [-0.2, 0) is 0 Å². The van der Waals surface area contributed by atoms with Crippen LogP contribution in [-0.4, -0.2) is 44.7 Å². The predicted octanol–water partition coefficient (Wildman–Crippen LogP) is 0.981. The lowest BCUT2D eigenvalue weighted by atomic mass is 10.0. The Morgan fingerprint density at radius 2 is 2.39 bits per heavy atom. The maximum Gasteiger partial charge on any atom is 0.317 e. The van der Waals surface area contributed by atoms with E-state index in [1.807, 2.05) is 29.2 Å². The summed E-state index contributed by atoms with van der Waals surface area (Å²) in [6, 6.07) is 8.08. The molecule has 1 aromatic rings. The second-order valence-electron chi connectivity index (χ2n) is 4.28. The lowest BCUT2D eigenvalue weighted by Crippen LogP contribution is -2.50. The van der Waals surface area contributed by atoms with Gasteiger partial charge < -0.3 is 20.3 Å². The summed E-state index contributed by atoms with van der Waals surface area (Å²) in [5.74, 6) is 0.839. The fourth-order valence-corrected chi connectivity index (χ4v) is 2.17. The third-order valence-electron chi connectivity index (χ3n) is 3.17. The van der Waals surface area contributed by atoms with Crippen molar-refractivity contribution in [3.63, 3.8) is 0 Å². The molecule has 5 heteroatoms. The lowest BCUT2D eigenvalue weighted by Gasteiger charge is -2.33. The van der Waals surface area contributed by atoms with Gasteiger partial charge >= 0.3 is 6.03 Å². The minimum absolute atomic E-state index is 0.0237. The van der Waals surface area contributed by atoms with Crippen LogP contribution in [0.2, 0.25) is 0 Å². The van der Waals surface area contributed by atoms with Crippen molar-refractivity contribution in [1.29, 1.82) is 0 Å². The summed E-state index contributed by atoms with van der Waals surface area (Å²) in [4.78, 5) is 13.4. The second-order valence-corrected chi connectivity index (χ2v) is 4.28. The minimum Gasteiger partial charge on any atom is -0.497 e. The normalized spacial score (nSPS) is 19.4. The number of rotatable bonds is 2. The zero-order valence-corrected chi connectivity index (χ0v) is 10.8. The second kappa shape index (κ2) is 5.73. The smallest absolute Gasteiger partial charge is 0.317 e. The number of nitrogens with one attached hydrogen (secondary N) is 2. The van der Waals surface area contributed by atoms with Crippen LogP contribution < -0.4 is 15.4 Å². The summed E-state index contributed by atoms with van der Waals surface area (Å²) in [5, 5.41) is 6.08. The number of methoxy groups -OCH3 is 1. The molecule has 1 heterocycles. The molecule has 0 aliphatic carbocycles. The summed E-state index contributed by atoms with van der Waals surface area (Å²) in [5.41, 5.74) is 1.14. The van der Waals surface area contributed by atoms with Gasteiger partial charge in [0.2, 0.25) is 0 Å². The van der Waals surface area contributed by atoms with Gasteiger partial charge in [0.05, 0.1) is 13.2 Å². The monoisotopic (exact) mass is 249 g/mol. The quantitative estimate of drug-likeness (QED) is 0.821. The molecule has 1 aliphatic rings. The van der Waals surface area contributed by atoms with E-state index in [2.05, 4.69) is 10.6 Å². The number of ether oxygens (including phenoxy) is 1. The van der Waals surface area contributed by atoms with Crippen LogP contribution in [0.5, 0.6) is 5.75 Å². The Morgan fingerprint density at radius 1 is 1.56 bits per heavy atom. The minimum atomic E-state index is -0.0237. The van der Waals surface area contributed by atoms with Crippen molar-refractivity contribution in [2.75, 3.05) is 33.8 Å². The first kappa shape index (κ1) is 12.7. The van der Waals surface area contributed by atoms with E-state index in [-0.39, 0.29) is 12.1 Å². The van der Waals surface area contributed by atoms with Crippen LogP contribution in [0.4, 0.5) is 4.79 Å². The van der Waals surface area contributed by atoms with Crippen molar-refractivity contribution >= 4 is 6.03 Å². The molecule has 1 aliphatic heterocycles. The van der Waals surface area contributed by atoms with E-state index in [9.17, 15) is 4.79 Å². The van der Waals surface area contributed by atoms with E-state index >= 15 is 0 Å². The Balaban J connectivity index is 2.10. The topological polar surface area (TPSA) is 53.6 Å². The summed E-state index contributed by atoms with van der Waals surface area (Å²) >= 11 is 0. The Labute approximate surface area is 107 Å². The summed E-state index contributed by atoms with van der Waals surface area (Å²) in [6.07, 6.45) is 0. The highest BCUT2D eigenvalue weighted by Crippen LogP contribution is 2.21. The number of piperazine rings is 1. The Morgan fingerprint density at radius 3 is 3.11 bits per heavy atom. The molecule has 0 spiro atoms. The average Bonchev–Trinajstić information content (AvgIpc) is 2.46. The summed E-state index contributed by atoms with van der Waals surface area (Å²) in [6.45, 7) is 2.21. The number of amides is 2. The molecule has 18 heavy (non-hydrogen) atoms. The standard InChI is InChI=1S/C13H19N3O2/c1-14-13(17)16-7-6-15-12(9-16)10-4-3-5-11(8-10)18-2/h3-5,8,12,15H,6-7,9H2,1-2H3,(H,14,17). The van der Waals surface area contributed by atoms with Gasteiger partial charge in [-0.15, -0.1) is 0 Å². The number of benzene rings is 1. The van der Waals surface area contributed by atoms with Gasteiger partial charge in [0, 0.05) is 26.7 Å². The zero-order chi connectivity index (χ0) is 13.0. The largest absolute Gasteiger partial charge is 0.497 e. The van der Waals surface area contributed by atoms with E-state index in [0.717, 1.165) is 24.4 Å². The molecule has 5 nitrogen and oxygen atoms in total. The molecule has 0 bridgehead atoms. The predicted molar refractivity (Wildman–Crippen MR) is 69.8 cm³/mol. The molecular formula is C13H19N3O2. The Kier molecular flexibility index (Phi) is 4.04. The van der Waals surface area contributed by atoms with E-state index < -0.39 is 0 Å². The van der Waals surface area contributed by atoms with Crippen LogP contribution in [0.3, 0.4) is 0 Å². The fourth-order valence-electron chi connectivity index (χ4n) is 2.17. The molecule has 0 saturated carbocycles. The summed E-state index contributed by atoms with van der Waals surface area (Å²) < 4.78 is 5.22. The third-order valence-corrected chi connectivity index (χ3v) is 3.17. The first-order valence-electron chi connectivity index (χ1n) is 6.08. The molecule has 2 rings (SSSR count). The Hall–Kier alpha value is -1.75. The van der Waals surface area contributed by atoms with Crippen molar-refractivity contribution in [2.24, 2.45) is 0 Å². The lowest BCUT2D eigenvalue weighted by molar-refractivity contribution is 0.179. The highest BCUT2D eigenvalue weighted by Gasteiger charge is 2.23. The van der Waals surface area contributed by atoms with Gasteiger partial charge in [0.15, 0.2) is 0 Å². The van der Waals surface area contributed by atoms with Crippen LogP contribution in [0.1, 0.15) is 11.6 Å². The van der Waals surface area contributed by atoms with Gasteiger partial charge in [0.1, 0.15) is 5.75 Å². The van der Waals surface area contributed by atoms with Crippen LogP contribution in [0, 0.1) is 0 Å². The average molecular weight is 249 g/mol. The van der Waals surface area contributed by atoms with Crippen LogP contribution >= 0.6 is 0 Å². The summed E-state index contributed by atoms with van der Waals surface area (Å²) in [7, 11) is 3.31. The first-order valence-corrected chi connectivity index (χ1v) is 6.08. The first-order chi connectivity index (χ1) is 8.74. The molecule has 1 fully saturated rings. The molecule has 2 amide bonds. The third kappa shape index (κ3) is 2.73. The van der Waals surface area contributed by atoms with E-state index in [0.29, 0.717) is 6.54 Å². The van der Waals surface area contributed by atoms with Crippen molar-refractivity contribution in [3.05, 3.63) is 29.8 Å². The van der Waals surface area contributed by atoms with Crippen molar-refractivity contribution in [2.45, 2.75) is 6.04 Å². The highest BCUT2D eigenvalue weighted by molar-refractivity contribution is 5.74. The number of carbonyl (C=O) groups is 1. The van der Waals surface area contributed by atoms with Gasteiger partial charge in [0.25, 0.3) is 0 Å². The van der Waals surface area contributed by atoms with E-state index in [1.165, 1.54) is 0 Å². The number of urea groups is 1. The van der Waals surface area contributed by atoms with Gasteiger partial charge in [-0.1, -0.05) is 12.1 Å². The van der Waals surface area contributed by atoms with Gasteiger partial charge in [-0.2, -0.15) is 0 Å². The van der Waals surface area contributed by atoms with Gasteiger partial charge in [-0.05, 0) is 17.7 Å². The molecule has 2 N–H and O–H groups in total. The maximum atomic E-state index is 11.6. The van der Waals surface area contributed by atoms with Gasteiger partial charge in [-0.3, -0.25) is 0 Å². The fraction of sp³-hybridized carbons (Fsp3) is 0.462. The van der Waals surface area contributed by atoms with Crippen LogP contribution in [0.15, 0.2) is 24.3 Å². The van der Waals surface area contributed by atoms with E-state index in [1.54, 1.807) is 14.2 Å². The number of carbonyl (C=O) groups excluding carboxylic acids is 1. The molecule has 98 valence electrons. The molecule has 1 unspecified atom stereocenters. The number of hydrogen-bond donors (Lipinski definition) is 2. The van der Waals surface area contributed by atoms with Crippen molar-refractivity contribution in [1.82, 2.24) is 15.5 Å². The molecule has 0 aromatic heterocycles. The van der Waals surface area contributed by atoms with Crippen LogP contribution in [0.25, 0.3) is 0 Å². The van der Waals surface area contributed by atoms with E-state index in [4.69, 9.17) is 4.74 Å². The van der Waals surface area contributed by atoms with Gasteiger partial charge in [-0.25, -0.2) is 4.79 Å². The zero-order valence-electron chi connectivity index (χ0n) is 10.8. The number of nitrogens with zero attached hydrogens (tertiary/aromatic N) is 1. The SMILES string of the molecule is CNC(=O)N1CCNC(c2cccc(OC)c2)C1. The maximum absolute atomic E-state index is 11.6. The molecule has 1 aromatic carbocycles. The van der Waals surface area contributed by atoms with Crippen molar-refractivity contribution < 1.29 is 9.53 Å². The molecule has 1 saturated heterocycles. The van der Waals surface area contributed by atoms with Crippen molar-refractivity contribution in [3.8, 4) is 5.75 Å². The highest BCUT2D eigenvalue weighted by atomic mass is 16.5. The Bertz CT molecular complexity index is 422. The molecule has 0 radical (unpaired) electrons. The molecular weight excluding hydrogens is 230 g/mol. The molecule has 1 atom stereocenters. The number of hydrogen-bond acceptors (Lipinski definition) is 3.